The summed E-state index contributed by atoms with van der Waals surface area (Å²) in [7, 11) is 2.05. The molecule has 4 rings (SSSR count). The SMILES string of the molecule is CN1CCC(C2(O)c3ccccc3Sc3ccc(SC(F)(F)F)cc32)CC1. The average Bonchev–Trinajstić information content (AvgIpc) is 2.62. The first kappa shape index (κ1) is 19.2. The fraction of sp³-hybridized carbons (Fsp3) is 0.400. The van der Waals surface area contributed by atoms with Gasteiger partial charge in [0.25, 0.3) is 0 Å². The number of rotatable bonds is 2. The summed E-state index contributed by atoms with van der Waals surface area (Å²) in [5.74, 6) is -0.0272. The highest BCUT2D eigenvalue weighted by Crippen LogP contribution is 2.54. The summed E-state index contributed by atoms with van der Waals surface area (Å²) in [4.78, 5) is 4.15. The van der Waals surface area contributed by atoms with Crippen LogP contribution in [0.15, 0.2) is 57.2 Å². The molecular weight excluding hydrogens is 391 g/mol. The lowest BCUT2D eigenvalue weighted by Crippen LogP contribution is -2.44. The second-order valence-electron chi connectivity index (χ2n) is 7.15. The van der Waals surface area contributed by atoms with Crippen molar-refractivity contribution in [2.24, 2.45) is 5.92 Å². The van der Waals surface area contributed by atoms with Gasteiger partial charge >= 0.3 is 5.51 Å². The fourth-order valence-electron chi connectivity index (χ4n) is 4.09. The van der Waals surface area contributed by atoms with Crippen molar-refractivity contribution >= 4 is 23.5 Å². The first-order chi connectivity index (χ1) is 12.8. The van der Waals surface area contributed by atoms with Crippen molar-refractivity contribution in [1.29, 1.82) is 0 Å². The second-order valence-corrected chi connectivity index (χ2v) is 9.37. The Kier molecular flexibility index (Phi) is 4.99. The lowest BCUT2D eigenvalue weighted by atomic mass is 9.71. The van der Waals surface area contributed by atoms with Crippen molar-refractivity contribution in [2.75, 3.05) is 20.1 Å². The molecule has 2 heterocycles. The Morgan fingerprint density at radius 2 is 1.74 bits per heavy atom. The van der Waals surface area contributed by atoms with Gasteiger partial charge < -0.3 is 10.0 Å². The number of nitrogens with zero attached hydrogens (tertiary/aromatic N) is 1. The number of alkyl halides is 3. The predicted molar refractivity (Wildman–Crippen MR) is 102 cm³/mol. The van der Waals surface area contributed by atoms with Crippen molar-refractivity contribution in [2.45, 2.75) is 38.6 Å². The molecule has 1 atom stereocenters. The third-order valence-electron chi connectivity index (χ3n) is 5.42. The van der Waals surface area contributed by atoms with Crippen LogP contribution in [0.25, 0.3) is 0 Å². The van der Waals surface area contributed by atoms with Gasteiger partial charge in [0.15, 0.2) is 0 Å². The third-order valence-corrected chi connectivity index (χ3v) is 7.30. The van der Waals surface area contributed by atoms with E-state index in [1.165, 1.54) is 23.9 Å². The lowest BCUT2D eigenvalue weighted by Gasteiger charge is -2.45. The molecule has 2 nitrogen and oxygen atoms in total. The molecule has 2 aromatic carbocycles. The molecule has 144 valence electrons. The van der Waals surface area contributed by atoms with E-state index in [1.807, 2.05) is 24.3 Å². The molecule has 1 unspecified atom stereocenters. The van der Waals surface area contributed by atoms with E-state index >= 15 is 0 Å². The van der Waals surface area contributed by atoms with E-state index in [9.17, 15) is 18.3 Å². The lowest BCUT2D eigenvalue weighted by molar-refractivity contribution is -0.0329. The highest BCUT2D eigenvalue weighted by atomic mass is 32.2. The third kappa shape index (κ3) is 3.62. The van der Waals surface area contributed by atoms with Gasteiger partial charge in [-0.15, -0.1) is 0 Å². The molecule has 1 N–H and O–H groups in total. The van der Waals surface area contributed by atoms with E-state index < -0.39 is 11.1 Å². The molecule has 0 amide bonds. The van der Waals surface area contributed by atoms with Crippen LogP contribution in [0.5, 0.6) is 0 Å². The largest absolute Gasteiger partial charge is 0.446 e. The van der Waals surface area contributed by atoms with E-state index in [0.717, 1.165) is 41.3 Å². The summed E-state index contributed by atoms with van der Waals surface area (Å²) >= 11 is 1.39. The average molecular weight is 412 g/mol. The van der Waals surface area contributed by atoms with Crippen LogP contribution < -0.4 is 0 Å². The fourth-order valence-corrected chi connectivity index (χ4v) is 5.85. The number of fused-ring (bicyclic) bond motifs is 2. The Balaban J connectivity index is 1.83. The minimum Gasteiger partial charge on any atom is -0.380 e. The van der Waals surface area contributed by atoms with Gasteiger partial charge in [-0.3, -0.25) is 0 Å². The van der Waals surface area contributed by atoms with Gasteiger partial charge in [-0.25, -0.2) is 0 Å². The number of thioether (sulfide) groups is 1. The second kappa shape index (κ2) is 7.03. The number of aliphatic hydroxyl groups is 1. The van der Waals surface area contributed by atoms with Crippen molar-refractivity contribution in [3.05, 3.63) is 53.6 Å². The molecule has 0 spiro atoms. The molecule has 2 aromatic rings. The quantitative estimate of drug-likeness (QED) is 0.674. The van der Waals surface area contributed by atoms with E-state index in [0.29, 0.717) is 5.56 Å². The standard InChI is InChI=1S/C20H20F3NOS2/c1-24-10-8-13(9-11-24)19(25)15-4-2-3-5-17(15)26-18-7-6-14(12-16(18)19)27-20(21,22)23/h2-7,12-13,25H,8-11H2,1H3. The first-order valence-electron chi connectivity index (χ1n) is 8.86. The summed E-state index contributed by atoms with van der Waals surface area (Å²) in [6.45, 7) is 1.74. The van der Waals surface area contributed by atoms with Gasteiger partial charge in [0, 0.05) is 25.8 Å². The van der Waals surface area contributed by atoms with Crippen molar-refractivity contribution in [1.82, 2.24) is 4.90 Å². The number of piperidine rings is 1. The molecule has 1 saturated heterocycles. The van der Waals surface area contributed by atoms with Gasteiger partial charge in [0.2, 0.25) is 0 Å². The maximum absolute atomic E-state index is 12.9. The molecule has 0 radical (unpaired) electrons. The Bertz CT molecular complexity index is 849. The van der Waals surface area contributed by atoms with Gasteiger partial charge in [-0.2, -0.15) is 13.2 Å². The number of hydrogen-bond donors (Lipinski definition) is 1. The van der Waals surface area contributed by atoms with Gasteiger partial charge in [0.05, 0.1) is 0 Å². The van der Waals surface area contributed by atoms with Gasteiger partial charge in [-0.05, 0) is 74.9 Å². The van der Waals surface area contributed by atoms with E-state index in [2.05, 4.69) is 11.9 Å². The zero-order chi connectivity index (χ0) is 19.2. The van der Waals surface area contributed by atoms with Crippen LogP contribution in [-0.4, -0.2) is 35.7 Å². The zero-order valence-electron chi connectivity index (χ0n) is 14.8. The first-order valence-corrected chi connectivity index (χ1v) is 10.5. The summed E-state index contributed by atoms with van der Waals surface area (Å²) in [5, 5.41) is 12.0. The molecule has 1 fully saturated rings. The zero-order valence-corrected chi connectivity index (χ0v) is 16.4. The highest BCUT2D eigenvalue weighted by molar-refractivity contribution is 8.00. The monoisotopic (exact) mass is 411 g/mol. The molecule has 0 saturated carbocycles. The Morgan fingerprint density at radius 3 is 2.44 bits per heavy atom. The Labute approximate surface area is 165 Å². The van der Waals surface area contributed by atoms with Crippen LogP contribution >= 0.6 is 23.5 Å². The smallest absolute Gasteiger partial charge is 0.380 e. The predicted octanol–water partition coefficient (Wildman–Crippen LogP) is 5.34. The van der Waals surface area contributed by atoms with Crippen LogP contribution in [0.1, 0.15) is 24.0 Å². The molecule has 2 aliphatic rings. The van der Waals surface area contributed by atoms with Crippen molar-refractivity contribution in [3.63, 3.8) is 0 Å². The highest BCUT2D eigenvalue weighted by Gasteiger charge is 2.46. The molecule has 2 aliphatic heterocycles. The van der Waals surface area contributed by atoms with Crippen molar-refractivity contribution < 1.29 is 18.3 Å². The molecule has 0 aromatic heterocycles. The van der Waals surface area contributed by atoms with Crippen LogP contribution in [0.3, 0.4) is 0 Å². The van der Waals surface area contributed by atoms with E-state index in [4.69, 9.17) is 0 Å². The van der Waals surface area contributed by atoms with Crippen molar-refractivity contribution in [3.8, 4) is 0 Å². The number of likely N-dealkylation sites (tertiary alicyclic amines) is 1. The summed E-state index contributed by atoms with van der Waals surface area (Å²) in [6.07, 6.45) is 1.62. The number of benzene rings is 2. The topological polar surface area (TPSA) is 23.5 Å². The van der Waals surface area contributed by atoms with Crippen LogP contribution in [0, 0.1) is 5.92 Å². The summed E-state index contributed by atoms with van der Waals surface area (Å²) in [5.41, 5.74) is -4.19. The maximum atomic E-state index is 12.9. The number of halogens is 3. The Morgan fingerprint density at radius 1 is 1.07 bits per heavy atom. The minimum absolute atomic E-state index is 0.0272. The molecule has 0 bridgehead atoms. The van der Waals surface area contributed by atoms with Crippen LogP contribution in [0.2, 0.25) is 0 Å². The van der Waals surface area contributed by atoms with Crippen LogP contribution in [0.4, 0.5) is 13.2 Å². The number of hydrogen-bond acceptors (Lipinski definition) is 4. The van der Waals surface area contributed by atoms with Gasteiger partial charge in [0.1, 0.15) is 5.60 Å². The maximum Gasteiger partial charge on any atom is 0.446 e. The van der Waals surface area contributed by atoms with Crippen LogP contribution in [-0.2, 0) is 5.60 Å². The summed E-state index contributed by atoms with van der Waals surface area (Å²) < 4.78 is 38.7. The van der Waals surface area contributed by atoms with E-state index in [1.54, 1.807) is 6.07 Å². The Hall–Kier alpha value is -1.15. The molecule has 27 heavy (non-hydrogen) atoms. The molecular formula is C20H20F3NOS2. The van der Waals surface area contributed by atoms with E-state index in [-0.39, 0.29) is 22.6 Å². The normalized spacial score (nSPS) is 23.7. The molecule has 7 heteroatoms. The van der Waals surface area contributed by atoms with Gasteiger partial charge in [-0.1, -0.05) is 30.0 Å². The minimum atomic E-state index is -4.35. The molecule has 0 aliphatic carbocycles. The summed E-state index contributed by atoms with van der Waals surface area (Å²) in [6, 6.07) is 12.4.